The topological polar surface area (TPSA) is 64.0 Å². The van der Waals surface area contributed by atoms with E-state index in [1.54, 1.807) is 40.2 Å². The number of thiophene rings is 1. The van der Waals surface area contributed by atoms with Gasteiger partial charge in [0, 0.05) is 15.6 Å². The highest BCUT2D eigenvalue weighted by Gasteiger charge is 2.25. The minimum Gasteiger partial charge on any atom is -0.325 e. The van der Waals surface area contributed by atoms with E-state index in [9.17, 15) is 9.59 Å². The molecule has 168 valence electrons. The molecule has 0 saturated carbocycles. The van der Waals surface area contributed by atoms with Crippen molar-refractivity contribution in [1.82, 2.24) is 9.55 Å². The minimum absolute atomic E-state index is 0.0593. The number of carbonyl (C=O) groups is 1. The van der Waals surface area contributed by atoms with Gasteiger partial charge in [0.1, 0.15) is 4.83 Å². The summed E-state index contributed by atoms with van der Waals surface area (Å²) in [5.74, 6) is 0.556. The molecule has 0 saturated heterocycles. The molecule has 2 heterocycles. The first-order valence-electron chi connectivity index (χ1n) is 10.8. The molecule has 1 N–H and O–H groups in total. The van der Waals surface area contributed by atoms with E-state index in [4.69, 9.17) is 16.6 Å². The summed E-state index contributed by atoms with van der Waals surface area (Å²) in [7, 11) is 0. The Morgan fingerprint density at radius 2 is 2.06 bits per heavy atom. The van der Waals surface area contributed by atoms with Crippen LogP contribution in [0.2, 0.25) is 5.02 Å². The van der Waals surface area contributed by atoms with Crippen molar-refractivity contribution < 1.29 is 4.79 Å². The average Bonchev–Trinajstić information content (AvgIpc) is 3.16. The Morgan fingerprint density at radius 1 is 1.24 bits per heavy atom. The van der Waals surface area contributed by atoms with Crippen molar-refractivity contribution >= 4 is 56.5 Å². The van der Waals surface area contributed by atoms with Crippen LogP contribution in [0, 0.1) is 5.92 Å². The number of carbonyl (C=O) groups excluding carboxylic acids is 1. The van der Waals surface area contributed by atoms with Gasteiger partial charge in [0.2, 0.25) is 5.91 Å². The molecule has 0 spiro atoms. The molecule has 8 heteroatoms. The van der Waals surface area contributed by atoms with E-state index in [0.29, 0.717) is 21.8 Å². The van der Waals surface area contributed by atoms with Gasteiger partial charge >= 0.3 is 0 Å². The van der Waals surface area contributed by atoms with Gasteiger partial charge in [0.15, 0.2) is 5.16 Å². The van der Waals surface area contributed by atoms with Gasteiger partial charge < -0.3 is 5.32 Å². The fourth-order valence-electron chi connectivity index (χ4n) is 4.17. The van der Waals surface area contributed by atoms with E-state index < -0.39 is 0 Å². The maximum atomic E-state index is 13.7. The lowest BCUT2D eigenvalue weighted by Gasteiger charge is -2.17. The average molecular weight is 496 g/mol. The lowest BCUT2D eigenvalue weighted by molar-refractivity contribution is -0.113. The summed E-state index contributed by atoms with van der Waals surface area (Å²) in [6.07, 6.45) is 2.99. The molecule has 0 fully saturated rings. The van der Waals surface area contributed by atoms with Gasteiger partial charge in [-0.2, -0.15) is 0 Å². The van der Waals surface area contributed by atoms with Crippen LogP contribution in [0.4, 0.5) is 5.69 Å². The Labute approximate surface area is 204 Å². The third kappa shape index (κ3) is 4.58. The minimum atomic E-state index is -0.185. The predicted octanol–water partition coefficient (Wildman–Crippen LogP) is 5.96. The van der Waals surface area contributed by atoms with E-state index in [1.165, 1.54) is 16.6 Å². The number of aryl methyl sites for hydroxylation is 1. The molecule has 1 amide bonds. The van der Waals surface area contributed by atoms with Crippen molar-refractivity contribution in [3.8, 4) is 5.69 Å². The fourth-order valence-corrected chi connectivity index (χ4v) is 6.59. The van der Waals surface area contributed by atoms with E-state index in [2.05, 4.69) is 12.2 Å². The molecular weight excluding hydrogens is 474 g/mol. The van der Waals surface area contributed by atoms with E-state index in [-0.39, 0.29) is 17.2 Å². The maximum absolute atomic E-state index is 13.7. The number of nitrogens with zero attached hydrogens (tertiary/aromatic N) is 2. The van der Waals surface area contributed by atoms with Crippen LogP contribution in [0.3, 0.4) is 0 Å². The number of benzene rings is 2. The number of para-hydroxylation sites is 1. The third-order valence-electron chi connectivity index (χ3n) is 5.75. The van der Waals surface area contributed by atoms with E-state index in [0.717, 1.165) is 40.7 Å². The van der Waals surface area contributed by atoms with Crippen LogP contribution in [-0.4, -0.2) is 21.2 Å². The second-order valence-corrected chi connectivity index (χ2v) is 10.7. The molecule has 5 nitrogen and oxygen atoms in total. The first-order chi connectivity index (χ1) is 16.0. The van der Waals surface area contributed by atoms with Gasteiger partial charge in [-0.1, -0.05) is 54.6 Å². The smallest absolute Gasteiger partial charge is 0.267 e. The number of amides is 1. The van der Waals surface area contributed by atoms with Gasteiger partial charge in [0.25, 0.3) is 5.56 Å². The molecule has 1 aliphatic rings. The van der Waals surface area contributed by atoms with Crippen LogP contribution in [0.25, 0.3) is 15.9 Å². The number of aromatic nitrogens is 2. The second-order valence-electron chi connectivity index (χ2n) is 8.25. The van der Waals surface area contributed by atoms with Crippen LogP contribution in [-0.2, 0) is 17.6 Å². The summed E-state index contributed by atoms with van der Waals surface area (Å²) in [6.45, 7) is 2.25. The van der Waals surface area contributed by atoms with Gasteiger partial charge in [-0.05, 0) is 61.1 Å². The summed E-state index contributed by atoms with van der Waals surface area (Å²) in [5.41, 5.74) is 2.48. The summed E-state index contributed by atoms with van der Waals surface area (Å²) >= 11 is 8.89. The highest BCUT2D eigenvalue weighted by Crippen LogP contribution is 2.37. The molecule has 5 rings (SSSR count). The number of anilines is 1. The van der Waals surface area contributed by atoms with Crippen LogP contribution in [0.1, 0.15) is 23.8 Å². The van der Waals surface area contributed by atoms with Crippen molar-refractivity contribution in [3.05, 3.63) is 80.4 Å². The molecule has 4 aromatic rings. The zero-order valence-electron chi connectivity index (χ0n) is 18.0. The zero-order valence-corrected chi connectivity index (χ0v) is 20.4. The largest absolute Gasteiger partial charge is 0.325 e. The first-order valence-corrected chi connectivity index (χ1v) is 13.0. The summed E-state index contributed by atoms with van der Waals surface area (Å²) in [6, 6.07) is 16.5. The molecular formula is C25H22ClN3O2S2. The zero-order chi connectivity index (χ0) is 22.9. The number of halogens is 1. The normalized spacial score (nSPS) is 15.4. The predicted molar refractivity (Wildman–Crippen MR) is 137 cm³/mol. The number of hydrogen-bond acceptors (Lipinski definition) is 5. The number of nitrogens with one attached hydrogen (secondary N) is 1. The van der Waals surface area contributed by atoms with Crippen molar-refractivity contribution in [2.75, 3.05) is 11.1 Å². The fraction of sp³-hybridized carbons (Fsp3) is 0.240. The Balaban J connectivity index is 1.52. The van der Waals surface area contributed by atoms with E-state index in [1.807, 2.05) is 30.3 Å². The number of thioether (sulfide) groups is 1. The molecule has 1 aliphatic carbocycles. The van der Waals surface area contributed by atoms with Gasteiger partial charge in [-0.15, -0.1) is 11.3 Å². The van der Waals surface area contributed by atoms with Crippen LogP contribution in [0.15, 0.2) is 64.5 Å². The first kappa shape index (κ1) is 22.2. The quantitative estimate of drug-likeness (QED) is 0.274. The molecule has 0 radical (unpaired) electrons. The van der Waals surface area contributed by atoms with Crippen LogP contribution < -0.4 is 10.9 Å². The Kier molecular flexibility index (Phi) is 6.27. The Hall–Kier alpha value is -2.61. The highest BCUT2D eigenvalue weighted by atomic mass is 35.5. The van der Waals surface area contributed by atoms with E-state index >= 15 is 0 Å². The lowest BCUT2D eigenvalue weighted by atomic mass is 9.89. The lowest BCUT2D eigenvalue weighted by Crippen LogP contribution is -2.23. The SMILES string of the molecule is CC1CCc2c(sc3nc(SCC(=O)Nc4cccc(Cl)c4)n(-c4ccccc4)c(=O)c23)C1. The number of hydrogen-bond donors (Lipinski definition) is 1. The Bertz CT molecular complexity index is 1400. The molecule has 1 atom stereocenters. The summed E-state index contributed by atoms with van der Waals surface area (Å²) < 4.78 is 1.64. The molecule has 0 aliphatic heterocycles. The monoisotopic (exact) mass is 495 g/mol. The summed E-state index contributed by atoms with van der Waals surface area (Å²) in [4.78, 5) is 33.3. The standard InChI is InChI=1S/C25H22ClN3O2S2/c1-15-10-11-19-20(12-15)33-23-22(19)24(31)29(18-8-3-2-4-9-18)25(28-23)32-14-21(30)27-17-7-5-6-16(26)13-17/h2-9,13,15H,10-12,14H2,1H3,(H,27,30). The van der Waals surface area contributed by atoms with Gasteiger partial charge in [-0.25, -0.2) is 4.98 Å². The maximum Gasteiger partial charge on any atom is 0.267 e. The Morgan fingerprint density at radius 3 is 2.85 bits per heavy atom. The molecule has 2 aromatic heterocycles. The van der Waals surface area contributed by atoms with Crippen molar-refractivity contribution in [2.45, 2.75) is 31.3 Å². The number of fused-ring (bicyclic) bond motifs is 3. The molecule has 2 aromatic carbocycles. The highest BCUT2D eigenvalue weighted by molar-refractivity contribution is 7.99. The van der Waals surface area contributed by atoms with Crippen molar-refractivity contribution in [3.63, 3.8) is 0 Å². The molecule has 33 heavy (non-hydrogen) atoms. The molecule has 1 unspecified atom stereocenters. The molecule has 0 bridgehead atoms. The summed E-state index contributed by atoms with van der Waals surface area (Å²) in [5, 5.41) is 4.66. The third-order valence-corrected chi connectivity index (χ3v) is 8.08. The van der Waals surface area contributed by atoms with Gasteiger partial charge in [0.05, 0.1) is 16.8 Å². The number of rotatable bonds is 5. The van der Waals surface area contributed by atoms with Crippen molar-refractivity contribution in [1.29, 1.82) is 0 Å². The second kappa shape index (κ2) is 9.33. The van der Waals surface area contributed by atoms with Crippen LogP contribution >= 0.6 is 34.7 Å². The van der Waals surface area contributed by atoms with Gasteiger partial charge in [-0.3, -0.25) is 14.2 Å². The van der Waals surface area contributed by atoms with Crippen molar-refractivity contribution in [2.24, 2.45) is 5.92 Å². The van der Waals surface area contributed by atoms with Crippen LogP contribution in [0.5, 0.6) is 0 Å².